The van der Waals surface area contributed by atoms with Crippen LogP contribution in [0.5, 0.6) is 0 Å². The Morgan fingerprint density at radius 3 is 2.53 bits per heavy atom. The van der Waals surface area contributed by atoms with Gasteiger partial charge in [0.05, 0.1) is 0 Å². The quantitative estimate of drug-likeness (QED) is 0.704. The highest BCUT2D eigenvalue weighted by atomic mass is 15.3. The summed E-state index contributed by atoms with van der Waals surface area (Å²) in [5.41, 5.74) is 2.13. The molecule has 3 nitrogen and oxygen atoms in total. The molecule has 3 heteroatoms. The third-order valence-electron chi connectivity index (χ3n) is 2.91. The average Bonchev–Trinajstić information content (AvgIpc) is 2.16. The molecule has 0 radical (unpaired) electrons. The van der Waals surface area contributed by atoms with Crippen LogP contribution < -0.4 is 4.90 Å². The van der Waals surface area contributed by atoms with Gasteiger partial charge in [-0.2, -0.15) is 0 Å². The molecule has 0 bridgehead atoms. The van der Waals surface area contributed by atoms with E-state index >= 15 is 0 Å². The topological polar surface area (TPSA) is 29.0 Å². The Morgan fingerprint density at radius 1 is 1.27 bits per heavy atom. The van der Waals surface area contributed by atoms with Crippen molar-refractivity contribution in [3.8, 4) is 0 Å². The lowest BCUT2D eigenvalue weighted by molar-refractivity contribution is 0.441. The summed E-state index contributed by atoms with van der Waals surface area (Å²) in [4.78, 5) is 11.3. The Bertz CT molecular complexity index is 328. The van der Waals surface area contributed by atoms with E-state index in [4.69, 9.17) is 0 Å². The minimum Gasteiger partial charge on any atom is -0.341 e. The van der Waals surface area contributed by atoms with Crippen molar-refractivity contribution in [2.75, 3.05) is 18.0 Å². The Hall–Kier alpha value is -1.12. The molecule has 1 aliphatic heterocycles. The zero-order chi connectivity index (χ0) is 10.8. The smallest absolute Gasteiger partial charge is 0.225 e. The van der Waals surface area contributed by atoms with E-state index in [9.17, 15) is 0 Å². The third-order valence-corrected chi connectivity index (χ3v) is 2.91. The predicted octanol–water partition coefficient (Wildman–Crippen LogP) is 2.33. The lowest BCUT2D eigenvalue weighted by Gasteiger charge is -2.31. The highest BCUT2D eigenvalue weighted by Gasteiger charge is 2.18. The number of hydrogen-bond donors (Lipinski definition) is 0. The normalized spacial score (nSPS) is 21.8. The van der Waals surface area contributed by atoms with Gasteiger partial charge in [-0.1, -0.05) is 6.92 Å². The van der Waals surface area contributed by atoms with Gasteiger partial charge in [0.1, 0.15) is 0 Å². The molecule has 1 aliphatic rings. The van der Waals surface area contributed by atoms with Gasteiger partial charge in [-0.25, -0.2) is 9.97 Å². The van der Waals surface area contributed by atoms with E-state index in [1.165, 1.54) is 12.8 Å². The Morgan fingerprint density at radius 2 is 1.93 bits per heavy atom. The number of hydrogen-bond acceptors (Lipinski definition) is 3. The van der Waals surface area contributed by atoms with Gasteiger partial charge in [0.25, 0.3) is 0 Å². The van der Waals surface area contributed by atoms with E-state index in [-0.39, 0.29) is 0 Å². The minimum atomic E-state index is 0.767. The molecule has 0 aromatic carbocycles. The summed E-state index contributed by atoms with van der Waals surface area (Å²) in [6, 6.07) is 2.02. The number of aryl methyl sites for hydroxylation is 2. The summed E-state index contributed by atoms with van der Waals surface area (Å²) in [5.74, 6) is 1.68. The van der Waals surface area contributed by atoms with Crippen LogP contribution in [0, 0.1) is 19.8 Å². The van der Waals surface area contributed by atoms with Gasteiger partial charge in [-0.15, -0.1) is 0 Å². The molecule has 0 unspecified atom stereocenters. The monoisotopic (exact) mass is 205 g/mol. The number of piperidine rings is 1. The second-order valence-electron chi connectivity index (χ2n) is 4.64. The first-order chi connectivity index (χ1) is 7.15. The summed E-state index contributed by atoms with van der Waals surface area (Å²) in [7, 11) is 0. The van der Waals surface area contributed by atoms with Crippen LogP contribution in [-0.2, 0) is 0 Å². The van der Waals surface area contributed by atoms with E-state index in [2.05, 4.69) is 21.8 Å². The first-order valence-electron chi connectivity index (χ1n) is 5.72. The molecule has 1 aromatic rings. The Kier molecular flexibility index (Phi) is 2.89. The number of anilines is 1. The zero-order valence-corrected chi connectivity index (χ0v) is 9.82. The highest BCUT2D eigenvalue weighted by Crippen LogP contribution is 2.20. The van der Waals surface area contributed by atoms with Crippen LogP contribution in [0.2, 0.25) is 0 Å². The molecule has 15 heavy (non-hydrogen) atoms. The molecule has 1 fully saturated rings. The fourth-order valence-corrected chi connectivity index (χ4v) is 2.22. The van der Waals surface area contributed by atoms with Crippen LogP contribution in [0.15, 0.2) is 6.07 Å². The maximum atomic E-state index is 4.51. The molecular formula is C12H19N3. The van der Waals surface area contributed by atoms with Crippen molar-refractivity contribution in [3.05, 3.63) is 17.5 Å². The fraction of sp³-hybridized carbons (Fsp3) is 0.667. The standard InChI is InChI=1S/C12H19N3/c1-9-5-4-6-15(8-9)12-13-10(2)7-11(3)14-12/h7,9H,4-6,8H2,1-3H3/t9-/m0/s1. The number of nitrogens with zero attached hydrogens (tertiary/aromatic N) is 3. The van der Waals surface area contributed by atoms with Crippen LogP contribution in [0.4, 0.5) is 5.95 Å². The summed E-state index contributed by atoms with van der Waals surface area (Å²) < 4.78 is 0. The van der Waals surface area contributed by atoms with Gasteiger partial charge in [0, 0.05) is 24.5 Å². The highest BCUT2D eigenvalue weighted by molar-refractivity contribution is 5.32. The van der Waals surface area contributed by atoms with Crippen molar-refractivity contribution in [2.45, 2.75) is 33.6 Å². The average molecular weight is 205 g/mol. The van der Waals surface area contributed by atoms with Crippen molar-refractivity contribution in [1.29, 1.82) is 0 Å². The van der Waals surface area contributed by atoms with Crippen molar-refractivity contribution in [1.82, 2.24) is 9.97 Å². The van der Waals surface area contributed by atoms with Crippen LogP contribution in [-0.4, -0.2) is 23.1 Å². The van der Waals surface area contributed by atoms with E-state index in [0.717, 1.165) is 36.3 Å². The van der Waals surface area contributed by atoms with E-state index in [1.807, 2.05) is 19.9 Å². The van der Waals surface area contributed by atoms with Gasteiger partial charge >= 0.3 is 0 Å². The van der Waals surface area contributed by atoms with Crippen LogP contribution in [0.25, 0.3) is 0 Å². The summed E-state index contributed by atoms with van der Waals surface area (Å²) in [6.07, 6.45) is 2.60. The van der Waals surface area contributed by atoms with Gasteiger partial charge in [-0.05, 0) is 38.7 Å². The molecule has 0 saturated carbocycles. The molecule has 2 heterocycles. The van der Waals surface area contributed by atoms with Gasteiger partial charge in [0.2, 0.25) is 5.95 Å². The predicted molar refractivity (Wildman–Crippen MR) is 62.1 cm³/mol. The second-order valence-corrected chi connectivity index (χ2v) is 4.64. The molecule has 1 aromatic heterocycles. The lowest BCUT2D eigenvalue weighted by Crippen LogP contribution is -2.35. The van der Waals surface area contributed by atoms with E-state index < -0.39 is 0 Å². The molecule has 2 rings (SSSR count). The molecule has 1 saturated heterocycles. The van der Waals surface area contributed by atoms with E-state index in [1.54, 1.807) is 0 Å². The third kappa shape index (κ3) is 2.46. The Labute approximate surface area is 91.5 Å². The fourth-order valence-electron chi connectivity index (χ4n) is 2.22. The van der Waals surface area contributed by atoms with Gasteiger partial charge < -0.3 is 4.90 Å². The van der Waals surface area contributed by atoms with Crippen molar-refractivity contribution in [3.63, 3.8) is 0 Å². The molecule has 0 amide bonds. The van der Waals surface area contributed by atoms with Crippen molar-refractivity contribution < 1.29 is 0 Å². The minimum absolute atomic E-state index is 0.767. The molecule has 1 atom stereocenters. The zero-order valence-electron chi connectivity index (χ0n) is 9.82. The number of aromatic nitrogens is 2. The molecule has 0 aliphatic carbocycles. The maximum absolute atomic E-state index is 4.51. The molecule has 82 valence electrons. The number of rotatable bonds is 1. The molecular weight excluding hydrogens is 186 g/mol. The van der Waals surface area contributed by atoms with Gasteiger partial charge in [-0.3, -0.25) is 0 Å². The lowest BCUT2D eigenvalue weighted by atomic mass is 10.0. The summed E-state index contributed by atoms with van der Waals surface area (Å²) in [6.45, 7) is 8.57. The van der Waals surface area contributed by atoms with Gasteiger partial charge in [0.15, 0.2) is 0 Å². The van der Waals surface area contributed by atoms with Crippen LogP contribution in [0.1, 0.15) is 31.2 Å². The van der Waals surface area contributed by atoms with Crippen molar-refractivity contribution in [2.24, 2.45) is 5.92 Å². The Balaban J connectivity index is 2.20. The van der Waals surface area contributed by atoms with Crippen LogP contribution in [0.3, 0.4) is 0 Å². The van der Waals surface area contributed by atoms with Crippen molar-refractivity contribution >= 4 is 5.95 Å². The SMILES string of the molecule is Cc1cc(C)nc(N2CCC[C@H](C)C2)n1. The first kappa shape index (κ1) is 10.4. The molecule has 0 spiro atoms. The summed E-state index contributed by atoms with van der Waals surface area (Å²) in [5, 5.41) is 0. The second kappa shape index (κ2) is 4.17. The summed E-state index contributed by atoms with van der Waals surface area (Å²) >= 11 is 0. The maximum Gasteiger partial charge on any atom is 0.225 e. The first-order valence-corrected chi connectivity index (χ1v) is 5.72. The molecule has 0 N–H and O–H groups in total. The largest absolute Gasteiger partial charge is 0.341 e. The van der Waals surface area contributed by atoms with Crippen LogP contribution >= 0.6 is 0 Å². The van der Waals surface area contributed by atoms with E-state index in [0.29, 0.717) is 0 Å².